The minimum absolute atomic E-state index is 0.555. The van der Waals surface area contributed by atoms with Gasteiger partial charge < -0.3 is 5.32 Å². The molecule has 0 saturated carbocycles. The van der Waals surface area contributed by atoms with Crippen LogP contribution in [0.3, 0.4) is 0 Å². The van der Waals surface area contributed by atoms with E-state index < -0.39 is 0 Å². The molecule has 1 unspecified atom stereocenters. The standard InChI is InChI=1S/C6H12N2S/c1-3-9-6-7-4-5(2)8-6/h5H,3-4H2,1-2H3,(H,7,8). The van der Waals surface area contributed by atoms with E-state index in [4.69, 9.17) is 0 Å². The van der Waals surface area contributed by atoms with Crippen LogP contribution in [0.2, 0.25) is 0 Å². The van der Waals surface area contributed by atoms with Gasteiger partial charge in [0.1, 0.15) is 0 Å². The van der Waals surface area contributed by atoms with Gasteiger partial charge in [0.25, 0.3) is 0 Å². The molecule has 0 bridgehead atoms. The lowest BCUT2D eigenvalue weighted by molar-refractivity contribution is 0.728. The summed E-state index contributed by atoms with van der Waals surface area (Å²) in [5.74, 6) is 1.11. The lowest BCUT2D eigenvalue weighted by Gasteiger charge is -2.02. The van der Waals surface area contributed by atoms with Crippen molar-refractivity contribution in [2.24, 2.45) is 4.99 Å². The molecule has 9 heavy (non-hydrogen) atoms. The lowest BCUT2D eigenvalue weighted by atomic mass is 10.4. The minimum atomic E-state index is 0.555. The predicted octanol–water partition coefficient (Wildman–Crippen LogP) is 1.09. The smallest absolute Gasteiger partial charge is 0.156 e. The Labute approximate surface area is 60.1 Å². The summed E-state index contributed by atoms with van der Waals surface area (Å²) < 4.78 is 0. The molecule has 1 aliphatic heterocycles. The molecule has 2 nitrogen and oxygen atoms in total. The highest BCUT2D eigenvalue weighted by atomic mass is 32.2. The predicted molar refractivity (Wildman–Crippen MR) is 43.0 cm³/mol. The molecular formula is C6H12N2S. The van der Waals surface area contributed by atoms with Crippen LogP contribution in [0.4, 0.5) is 0 Å². The Kier molecular flexibility index (Phi) is 2.39. The number of rotatable bonds is 1. The highest BCUT2D eigenvalue weighted by molar-refractivity contribution is 8.13. The molecule has 52 valence electrons. The van der Waals surface area contributed by atoms with E-state index in [1.54, 1.807) is 11.8 Å². The number of nitrogens with zero attached hydrogens (tertiary/aromatic N) is 1. The van der Waals surface area contributed by atoms with Crippen LogP contribution in [0, 0.1) is 0 Å². The van der Waals surface area contributed by atoms with Crippen molar-refractivity contribution >= 4 is 16.9 Å². The van der Waals surface area contributed by atoms with Gasteiger partial charge in [-0.1, -0.05) is 18.7 Å². The van der Waals surface area contributed by atoms with Crippen LogP contribution < -0.4 is 5.32 Å². The molecule has 0 aromatic carbocycles. The maximum atomic E-state index is 4.27. The van der Waals surface area contributed by atoms with Crippen LogP contribution in [0.5, 0.6) is 0 Å². The van der Waals surface area contributed by atoms with Crippen LogP contribution in [0.1, 0.15) is 13.8 Å². The second-order valence-corrected chi connectivity index (χ2v) is 3.38. The van der Waals surface area contributed by atoms with Gasteiger partial charge in [-0.05, 0) is 12.7 Å². The zero-order valence-corrected chi connectivity index (χ0v) is 6.66. The van der Waals surface area contributed by atoms with Gasteiger partial charge in [0.05, 0.1) is 6.54 Å². The first-order valence-corrected chi connectivity index (χ1v) is 4.25. The van der Waals surface area contributed by atoms with E-state index in [0.717, 1.165) is 17.5 Å². The third-order valence-electron chi connectivity index (χ3n) is 1.16. The normalized spacial score (nSPS) is 25.6. The van der Waals surface area contributed by atoms with Crippen LogP contribution in [-0.2, 0) is 0 Å². The van der Waals surface area contributed by atoms with Crippen molar-refractivity contribution in [1.82, 2.24) is 5.32 Å². The Morgan fingerprint density at radius 1 is 1.89 bits per heavy atom. The van der Waals surface area contributed by atoms with E-state index in [9.17, 15) is 0 Å². The zero-order valence-electron chi connectivity index (χ0n) is 5.85. The molecule has 0 spiro atoms. The van der Waals surface area contributed by atoms with E-state index >= 15 is 0 Å². The van der Waals surface area contributed by atoms with Crippen molar-refractivity contribution in [2.75, 3.05) is 12.3 Å². The zero-order chi connectivity index (χ0) is 6.69. The number of nitrogens with one attached hydrogen (secondary N) is 1. The van der Waals surface area contributed by atoms with Gasteiger partial charge >= 0.3 is 0 Å². The summed E-state index contributed by atoms with van der Waals surface area (Å²) in [6, 6.07) is 0.555. The van der Waals surface area contributed by atoms with Crippen molar-refractivity contribution in [3.8, 4) is 0 Å². The van der Waals surface area contributed by atoms with Crippen molar-refractivity contribution in [1.29, 1.82) is 0 Å². The van der Waals surface area contributed by atoms with Crippen molar-refractivity contribution < 1.29 is 0 Å². The summed E-state index contributed by atoms with van der Waals surface area (Å²) in [4.78, 5) is 4.27. The lowest BCUT2D eigenvalue weighted by Crippen LogP contribution is -2.25. The van der Waals surface area contributed by atoms with Crippen molar-refractivity contribution in [2.45, 2.75) is 19.9 Å². The van der Waals surface area contributed by atoms with Gasteiger partial charge in [0.15, 0.2) is 5.17 Å². The molecular weight excluding hydrogens is 132 g/mol. The minimum Gasteiger partial charge on any atom is -0.361 e. The summed E-state index contributed by atoms with van der Waals surface area (Å²) in [7, 11) is 0. The van der Waals surface area contributed by atoms with Crippen molar-refractivity contribution in [3.63, 3.8) is 0 Å². The number of hydrogen-bond acceptors (Lipinski definition) is 3. The highest BCUT2D eigenvalue weighted by Crippen LogP contribution is 2.06. The topological polar surface area (TPSA) is 24.4 Å². The summed E-state index contributed by atoms with van der Waals surface area (Å²) in [5, 5.41) is 4.38. The summed E-state index contributed by atoms with van der Waals surface area (Å²) >= 11 is 1.78. The average molecular weight is 144 g/mol. The number of aliphatic imine (C=N–C) groups is 1. The summed E-state index contributed by atoms with van der Waals surface area (Å²) in [5.41, 5.74) is 0. The fourth-order valence-electron chi connectivity index (χ4n) is 0.746. The Morgan fingerprint density at radius 2 is 2.67 bits per heavy atom. The quantitative estimate of drug-likeness (QED) is 0.595. The molecule has 1 rings (SSSR count). The van der Waals surface area contributed by atoms with Gasteiger partial charge in [0.2, 0.25) is 0 Å². The Bertz CT molecular complexity index is 122. The molecule has 0 aromatic rings. The molecule has 3 heteroatoms. The molecule has 1 atom stereocenters. The monoisotopic (exact) mass is 144 g/mol. The molecule has 0 aromatic heterocycles. The third kappa shape index (κ3) is 1.90. The second-order valence-electron chi connectivity index (χ2n) is 2.12. The van der Waals surface area contributed by atoms with E-state index in [-0.39, 0.29) is 0 Å². The highest BCUT2D eigenvalue weighted by Gasteiger charge is 2.10. The molecule has 1 N–H and O–H groups in total. The third-order valence-corrected chi connectivity index (χ3v) is 1.97. The van der Waals surface area contributed by atoms with Gasteiger partial charge in [-0.3, -0.25) is 4.99 Å². The maximum Gasteiger partial charge on any atom is 0.156 e. The summed E-state index contributed by atoms with van der Waals surface area (Å²) in [6.45, 7) is 5.23. The SMILES string of the molecule is CCSC1=NCC(C)N1. The first-order chi connectivity index (χ1) is 4.33. The number of thioether (sulfide) groups is 1. The Morgan fingerprint density at radius 3 is 3.11 bits per heavy atom. The van der Waals surface area contributed by atoms with E-state index in [1.807, 2.05) is 0 Å². The molecule has 0 amide bonds. The first kappa shape index (κ1) is 6.93. The number of amidine groups is 1. The molecule has 1 aliphatic rings. The van der Waals surface area contributed by atoms with Crippen molar-refractivity contribution in [3.05, 3.63) is 0 Å². The first-order valence-electron chi connectivity index (χ1n) is 3.26. The van der Waals surface area contributed by atoms with Gasteiger partial charge in [-0.2, -0.15) is 0 Å². The molecule has 0 fully saturated rings. The Balaban J connectivity index is 2.27. The van der Waals surface area contributed by atoms with E-state index in [2.05, 4.69) is 24.2 Å². The van der Waals surface area contributed by atoms with Crippen LogP contribution in [0.25, 0.3) is 0 Å². The molecule has 0 radical (unpaired) electrons. The second kappa shape index (κ2) is 3.11. The fourth-order valence-corrected chi connectivity index (χ4v) is 1.47. The Hall–Kier alpha value is -0.180. The van der Waals surface area contributed by atoms with Gasteiger partial charge in [-0.15, -0.1) is 0 Å². The van der Waals surface area contributed by atoms with E-state index in [0.29, 0.717) is 6.04 Å². The fraction of sp³-hybridized carbons (Fsp3) is 0.833. The van der Waals surface area contributed by atoms with Crippen LogP contribution in [0.15, 0.2) is 4.99 Å². The molecule has 0 saturated heterocycles. The average Bonchev–Trinajstić information content (AvgIpc) is 2.17. The number of hydrogen-bond donors (Lipinski definition) is 1. The molecule has 0 aliphatic carbocycles. The van der Waals surface area contributed by atoms with Gasteiger partial charge in [0, 0.05) is 6.04 Å². The maximum absolute atomic E-state index is 4.27. The van der Waals surface area contributed by atoms with Crippen LogP contribution >= 0.6 is 11.8 Å². The summed E-state index contributed by atoms with van der Waals surface area (Å²) in [6.07, 6.45) is 0. The van der Waals surface area contributed by atoms with Gasteiger partial charge in [-0.25, -0.2) is 0 Å². The molecule has 1 heterocycles. The van der Waals surface area contributed by atoms with E-state index in [1.165, 1.54) is 0 Å². The van der Waals surface area contributed by atoms with Crippen LogP contribution in [-0.4, -0.2) is 23.5 Å². The largest absolute Gasteiger partial charge is 0.361 e.